The molecule has 0 aliphatic carbocycles. The summed E-state index contributed by atoms with van der Waals surface area (Å²) in [5.74, 6) is 0. The van der Waals surface area contributed by atoms with Crippen molar-refractivity contribution in [1.82, 2.24) is 0 Å². The summed E-state index contributed by atoms with van der Waals surface area (Å²) >= 11 is 0. The summed E-state index contributed by atoms with van der Waals surface area (Å²) in [5.41, 5.74) is -0.306. The second kappa shape index (κ2) is 2.23. The Labute approximate surface area is 63.1 Å². The van der Waals surface area contributed by atoms with Gasteiger partial charge in [-0.3, -0.25) is 0 Å². The van der Waals surface area contributed by atoms with Crippen LogP contribution in [0.1, 0.15) is 0 Å². The molecule has 0 bridgehead atoms. The van der Waals surface area contributed by atoms with Gasteiger partial charge in [0.25, 0.3) is 0 Å². The van der Waals surface area contributed by atoms with E-state index < -0.39 is 0 Å². The van der Waals surface area contributed by atoms with E-state index >= 15 is 0 Å². The maximum Gasteiger partial charge on any atom is 0.343 e. The van der Waals surface area contributed by atoms with Crippen LogP contribution in [0.4, 0.5) is 0 Å². The molecule has 0 fully saturated rings. The highest BCUT2D eigenvalue weighted by atomic mass is 16.4. The number of hydrogen-bond acceptors (Lipinski definition) is 2. The SMILES string of the molecule is O=c1occc2[c]cccc12. The molecule has 1 heterocycles. The highest BCUT2D eigenvalue weighted by molar-refractivity contribution is 5.79. The van der Waals surface area contributed by atoms with E-state index in [1.807, 2.05) is 0 Å². The summed E-state index contributed by atoms with van der Waals surface area (Å²) < 4.78 is 4.66. The molecular weight excluding hydrogens is 140 g/mol. The average Bonchev–Trinajstić information content (AvgIpc) is 2.06. The van der Waals surface area contributed by atoms with Gasteiger partial charge in [-0.25, -0.2) is 4.79 Å². The highest BCUT2D eigenvalue weighted by Crippen LogP contribution is 2.06. The summed E-state index contributed by atoms with van der Waals surface area (Å²) in [6.45, 7) is 0. The van der Waals surface area contributed by atoms with Crippen molar-refractivity contribution in [3.8, 4) is 0 Å². The second-order valence-corrected chi connectivity index (χ2v) is 2.21. The standard InChI is InChI=1S/C9H5O2/c10-9-8-4-2-1-3-7(8)5-6-11-9/h1-2,4-6H. The Balaban J connectivity index is 3.03. The van der Waals surface area contributed by atoms with Crippen LogP contribution < -0.4 is 5.63 Å². The molecule has 53 valence electrons. The van der Waals surface area contributed by atoms with Gasteiger partial charge in [-0.15, -0.1) is 0 Å². The second-order valence-electron chi connectivity index (χ2n) is 2.21. The minimum absolute atomic E-state index is 0.306. The molecule has 2 heteroatoms. The van der Waals surface area contributed by atoms with Gasteiger partial charge in [0.2, 0.25) is 0 Å². The van der Waals surface area contributed by atoms with Gasteiger partial charge >= 0.3 is 5.63 Å². The fraction of sp³-hybridized carbons (Fsp3) is 0. The Morgan fingerprint density at radius 2 is 2.27 bits per heavy atom. The van der Waals surface area contributed by atoms with E-state index in [0.717, 1.165) is 5.39 Å². The van der Waals surface area contributed by atoms with E-state index in [-0.39, 0.29) is 5.63 Å². The first-order chi connectivity index (χ1) is 5.38. The lowest BCUT2D eigenvalue weighted by Gasteiger charge is -1.90. The van der Waals surface area contributed by atoms with Crippen LogP contribution in [0.3, 0.4) is 0 Å². The maximum absolute atomic E-state index is 11.0. The van der Waals surface area contributed by atoms with E-state index in [2.05, 4.69) is 10.5 Å². The van der Waals surface area contributed by atoms with Crippen molar-refractivity contribution in [2.24, 2.45) is 0 Å². The van der Waals surface area contributed by atoms with E-state index in [0.29, 0.717) is 5.39 Å². The van der Waals surface area contributed by atoms with E-state index in [4.69, 9.17) is 0 Å². The molecule has 2 nitrogen and oxygen atoms in total. The van der Waals surface area contributed by atoms with Crippen molar-refractivity contribution >= 4 is 10.8 Å². The van der Waals surface area contributed by atoms with Gasteiger partial charge in [0, 0.05) is 0 Å². The molecule has 0 spiro atoms. The molecule has 0 atom stereocenters. The first-order valence-corrected chi connectivity index (χ1v) is 3.26. The third-order valence-electron chi connectivity index (χ3n) is 1.52. The van der Waals surface area contributed by atoms with Crippen molar-refractivity contribution in [1.29, 1.82) is 0 Å². The summed E-state index contributed by atoms with van der Waals surface area (Å²) in [6.07, 6.45) is 1.38. The predicted molar refractivity (Wildman–Crippen MR) is 41.3 cm³/mol. The third kappa shape index (κ3) is 0.923. The number of rotatable bonds is 0. The molecule has 1 radical (unpaired) electrons. The maximum atomic E-state index is 11.0. The molecule has 0 N–H and O–H groups in total. The topological polar surface area (TPSA) is 30.2 Å². The predicted octanol–water partition coefficient (Wildman–Crippen LogP) is 1.59. The quantitative estimate of drug-likeness (QED) is 0.563. The smallest absolute Gasteiger partial charge is 0.343 e. The number of fused-ring (bicyclic) bond motifs is 1. The lowest BCUT2D eigenvalue weighted by atomic mass is 10.2. The van der Waals surface area contributed by atoms with E-state index in [1.54, 1.807) is 24.3 Å². The molecule has 2 aromatic rings. The first-order valence-electron chi connectivity index (χ1n) is 3.26. The van der Waals surface area contributed by atoms with Crippen LogP contribution in [0.2, 0.25) is 0 Å². The molecule has 0 saturated carbocycles. The van der Waals surface area contributed by atoms with Crippen molar-refractivity contribution in [3.63, 3.8) is 0 Å². The zero-order valence-corrected chi connectivity index (χ0v) is 5.70. The Kier molecular flexibility index (Phi) is 1.25. The van der Waals surface area contributed by atoms with Crippen LogP contribution >= 0.6 is 0 Å². The third-order valence-corrected chi connectivity index (χ3v) is 1.52. The average molecular weight is 145 g/mol. The molecule has 1 aromatic carbocycles. The van der Waals surface area contributed by atoms with Gasteiger partial charge in [-0.05, 0) is 23.6 Å². The van der Waals surface area contributed by atoms with Gasteiger partial charge in [-0.2, -0.15) is 0 Å². The first kappa shape index (κ1) is 6.16. The molecular formula is C9H5O2. The minimum atomic E-state index is -0.306. The van der Waals surface area contributed by atoms with Crippen LogP contribution in [0.25, 0.3) is 10.8 Å². The fourth-order valence-corrected chi connectivity index (χ4v) is 0.993. The Hall–Kier alpha value is -1.57. The number of benzene rings is 1. The fourth-order valence-electron chi connectivity index (χ4n) is 0.993. The normalized spacial score (nSPS) is 10.2. The van der Waals surface area contributed by atoms with Crippen LogP contribution in [0.5, 0.6) is 0 Å². The van der Waals surface area contributed by atoms with Crippen LogP contribution in [0.15, 0.2) is 39.7 Å². The van der Waals surface area contributed by atoms with Crippen molar-refractivity contribution in [2.45, 2.75) is 0 Å². The molecule has 1 aromatic heterocycles. The molecule has 0 unspecified atom stereocenters. The molecule has 0 amide bonds. The number of hydrogen-bond donors (Lipinski definition) is 0. The van der Waals surface area contributed by atoms with E-state index in [9.17, 15) is 4.79 Å². The van der Waals surface area contributed by atoms with Gasteiger partial charge in [0.15, 0.2) is 0 Å². The summed E-state index contributed by atoms with van der Waals surface area (Å²) in [6, 6.07) is 9.90. The minimum Gasteiger partial charge on any atom is -0.431 e. The van der Waals surface area contributed by atoms with Crippen LogP contribution in [-0.2, 0) is 0 Å². The van der Waals surface area contributed by atoms with Gasteiger partial charge in [-0.1, -0.05) is 12.1 Å². The summed E-state index contributed by atoms with van der Waals surface area (Å²) in [7, 11) is 0. The summed E-state index contributed by atoms with van der Waals surface area (Å²) in [4.78, 5) is 11.0. The van der Waals surface area contributed by atoms with Crippen LogP contribution in [-0.4, -0.2) is 0 Å². The molecule has 11 heavy (non-hydrogen) atoms. The molecule has 0 aliphatic rings. The van der Waals surface area contributed by atoms with Crippen molar-refractivity contribution in [2.75, 3.05) is 0 Å². The highest BCUT2D eigenvalue weighted by Gasteiger charge is 1.95. The molecule has 2 rings (SSSR count). The van der Waals surface area contributed by atoms with E-state index in [1.165, 1.54) is 6.26 Å². The Bertz CT molecular complexity index is 423. The monoisotopic (exact) mass is 145 g/mol. The lowest BCUT2D eigenvalue weighted by molar-refractivity contribution is 0.519. The van der Waals surface area contributed by atoms with Gasteiger partial charge in [0.05, 0.1) is 11.6 Å². The summed E-state index contributed by atoms with van der Waals surface area (Å²) in [5, 5.41) is 1.37. The Morgan fingerprint density at radius 1 is 1.36 bits per heavy atom. The van der Waals surface area contributed by atoms with Gasteiger partial charge < -0.3 is 4.42 Å². The van der Waals surface area contributed by atoms with Crippen LogP contribution in [0, 0.1) is 6.07 Å². The zero-order chi connectivity index (χ0) is 7.68. The molecule has 0 saturated heterocycles. The largest absolute Gasteiger partial charge is 0.431 e. The Morgan fingerprint density at radius 3 is 3.09 bits per heavy atom. The zero-order valence-electron chi connectivity index (χ0n) is 5.70. The molecule has 0 aliphatic heterocycles. The van der Waals surface area contributed by atoms with Gasteiger partial charge in [0.1, 0.15) is 0 Å². The lowest BCUT2D eigenvalue weighted by Crippen LogP contribution is -1.96. The van der Waals surface area contributed by atoms with Crippen molar-refractivity contribution in [3.05, 3.63) is 47.0 Å². The van der Waals surface area contributed by atoms with Crippen molar-refractivity contribution < 1.29 is 4.42 Å².